The molecule has 10 heteroatoms. The van der Waals surface area contributed by atoms with Crippen LogP contribution in [-0.4, -0.2) is 98.7 Å². The molecule has 8 atom stereocenters. The van der Waals surface area contributed by atoms with E-state index in [1.165, 1.54) is 109 Å². The maximum absolute atomic E-state index is 13.0. The van der Waals surface area contributed by atoms with Crippen molar-refractivity contribution in [3.63, 3.8) is 0 Å². The summed E-state index contributed by atoms with van der Waals surface area (Å²) < 4.78 is 11.1. The molecule has 0 spiro atoms. The maximum atomic E-state index is 13.0. The molecule has 0 aliphatic carbocycles. The van der Waals surface area contributed by atoms with Crippen LogP contribution in [0.25, 0.3) is 0 Å². The highest BCUT2D eigenvalue weighted by atomic mass is 16.7. The molecule has 1 aliphatic rings. The number of amides is 1. The lowest BCUT2D eigenvalue weighted by molar-refractivity contribution is -0.302. The third-order valence-electron chi connectivity index (χ3n) is 10.1. The summed E-state index contributed by atoms with van der Waals surface area (Å²) in [6.07, 6.45) is 26.9. The fourth-order valence-corrected chi connectivity index (χ4v) is 6.59. The molecule has 1 saturated heterocycles. The number of hydrogen-bond donors (Lipinski definition) is 7. The Bertz CT molecular complexity index is 886. The van der Waals surface area contributed by atoms with Crippen LogP contribution < -0.4 is 5.32 Å². The fraction of sp³-hybridized carbons (Fsp3) is 0.881. The van der Waals surface area contributed by atoms with E-state index in [0.717, 1.165) is 32.1 Å². The van der Waals surface area contributed by atoms with Crippen molar-refractivity contribution in [2.75, 3.05) is 13.2 Å². The summed E-state index contributed by atoms with van der Waals surface area (Å²) in [4.78, 5) is 13.0. The first-order chi connectivity index (χ1) is 25.3. The molecule has 7 N–H and O–H groups in total. The highest BCUT2D eigenvalue weighted by Crippen LogP contribution is 2.22. The van der Waals surface area contributed by atoms with E-state index >= 15 is 0 Å². The smallest absolute Gasteiger partial charge is 0.249 e. The minimum Gasteiger partial charge on any atom is -0.394 e. The number of carbonyl (C=O) groups is 1. The predicted molar refractivity (Wildman–Crippen MR) is 209 cm³/mol. The van der Waals surface area contributed by atoms with Gasteiger partial charge >= 0.3 is 0 Å². The van der Waals surface area contributed by atoms with Crippen LogP contribution >= 0.6 is 0 Å². The molecule has 0 saturated carbocycles. The second-order valence-corrected chi connectivity index (χ2v) is 14.9. The van der Waals surface area contributed by atoms with Crippen molar-refractivity contribution < 1.29 is 44.9 Å². The van der Waals surface area contributed by atoms with Crippen molar-refractivity contribution in [1.29, 1.82) is 0 Å². The van der Waals surface area contributed by atoms with Crippen LogP contribution in [0.4, 0.5) is 0 Å². The largest absolute Gasteiger partial charge is 0.394 e. The molecule has 1 amide bonds. The van der Waals surface area contributed by atoms with E-state index in [9.17, 15) is 35.4 Å². The number of carbonyl (C=O) groups excluding carboxylic acids is 1. The van der Waals surface area contributed by atoms with Gasteiger partial charge in [-0.05, 0) is 32.1 Å². The standard InChI is InChI=1S/C42H79NO9/c1-3-5-7-9-11-13-15-17-19-20-22-24-26-28-30-35(45)34(33-51-42-40(49)39(48)38(47)37(32-44)52-42)43-41(50)36(46)31-29-27-25-23-21-18-16-14-12-10-8-6-4-2/h20,22,28,30,34-40,42,44-49H,3-19,21,23-27,29,31-33H2,1-2H3,(H,43,50)/b22-20+,30-28+. The first-order valence-corrected chi connectivity index (χ1v) is 21.2. The molecule has 1 fully saturated rings. The van der Waals surface area contributed by atoms with Crippen LogP contribution in [0.1, 0.15) is 174 Å². The first-order valence-electron chi connectivity index (χ1n) is 21.2. The molecule has 1 aliphatic heterocycles. The number of aliphatic hydroxyl groups is 6. The number of aliphatic hydroxyl groups excluding tert-OH is 6. The number of nitrogens with one attached hydrogen (secondary N) is 1. The zero-order valence-corrected chi connectivity index (χ0v) is 32.9. The van der Waals surface area contributed by atoms with Gasteiger partial charge in [0.1, 0.15) is 30.5 Å². The summed E-state index contributed by atoms with van der Waals surface area (Å²) in [6.45, 7) is 3.56. The monoisotopic (exact) mass is 742 g/mol. The summed E-state index contributed by atoms with van der Waals surface area (Å²) in [5.74, 6) is -0.627. The van der Waals surface area contributed by atoms with E-state index in [0.29, 0.717) is 19.3 Å². The van der Waals surface area contributed by atoms with Crippen molar-refractivity contribution in [3.8, 4) is 0 Å². The maximum Gasteiger partial charge on any atom is 0.249 e. The number of rotatable bonds is 34. The van der Waals surface area contributed by atoms with Gasteiger partial charge in [0.15, 0.2) is 6.29 Å². The van der Waals surface area contributed by atoms with Gasteiger partial charge in [-0.3, -0.25) is 4.79 Å². The molecular weight excluding hydrogens is 662 g/mol. The summed E-state index contributed by atoms with van der Waals surface area (Å²) in [6, 6.07) is -0.991. The summed E-state index contributed by atoms with van der Waals surface area (Å²) in [5.41, 5.74) is 0. The SMILES string of the molecule is CCCCCCCCCC/C=C/CC/C=C/C(O)C(COC1OC(CO)C(O)C(O)C1O)NC(=O)C(O)CCCCCCCCCCCCCCC. The number of hydrogen-bond acceptors (Lipinski definition) is 9. The quantitative estimate of drug-likeness (QED) is 0.0274. The number of unbranched alkanes of at least 4 members (excludes halogenated alkanes) is 21. The predicted octanol–water partition coefficient (Wildman–Crippen LogP) is 6.91. The average molecular weight is 742 g/mol. The third-order valence-corrected chi connectivity index (χ3v) is 10.1. The second-order valence-electron chi connectivity index (χ2n) is 14.9. The fourth-order valence-electron chi connectivity index (χ4n) is 6.59. The van der Waals surface area contributed by atoms with E-state index in [2.05, 4.69) is 31.3 Å². The molecule has 0 aromatic carbocycles. The van der Waals surface area contributed by atoms with Gasteiger partial charge in [-0.1, -0.05) is 167 Å². The molecule has 8 unspecified atom stereocenters. The van der Waals surface area contributed by atoms with E-state index in [4.69, 9.17) is 9.47 Å². The van der Waals surface area contributed by atoms with Gasteiger partial charge in [0, 0.05) is 0 Å². The van der Waals surface area contributed by atoms with Gasteiger partial charge in [0.2, 0.25) is 5.91 Å². The van der Waals surface area contributed by atoms with Gasteiger partial charge < -0.3 is 45.4 Å². The van der Waals surface area contributed by atoms with Gasteiger partial charge in [-0.25, -0.2) is 0 Å². The average Bonchev–Trinajstić information content (AvgIpc) is 3.14. The molecule has 0 radical (unpaired) electrons. The summed E-state index contributed by atoms with van der Waals surface area (Å²) >= 11 is 0. The van der Waals surface area contributed by atoms with E-state index in [-0.39, 0.29) is 6.61 Å². The van der Waals surface area contributed by atoms with E-state index in [1.807, 2.05) is 6.08 Å². The van der Waals surface area contributed by atoms with Gasteiger partial charge in [-0.2, -0.15) is 0 Å². The molecule has 10 nitrogen and oxygen atoms in total. The van der Waals surface area contributed by atoms with Crippen LogP contribution in [0.2, 0.25) is 0 Å². The third kappa shape index (κ3) is 23.4. The molecule has 52 heavy (non-hydrogen) atoms. The summed E-state index contributed by atoms with van der Waals surface area (Å²) in [7, 11) is 0. The normalized spacial score (nSPS) is 22.7. The van der Waals surface area contributed by atoms with Crippen LogP contribution in [0.15, 0.2) is 24.3 Å². The van der Waals surface area contributed by atoms with E-state index in [1.54, 1.807) is 6.08 Å². The Kier molecular flexibility index (Phi) is 30.9. The zero-order chi connectivity index (χ0) is 38.2. The topological polar surface area (TPSA) is 169 Å². The Labute approximate surface area is 316 Å². The molecule has 0 bridgehead atoms. The lowest BCUT2D eigenvalue weighted by Crippen LogP contribution is -2.60. The summed E-state index contributed by atoms with van der Waals surface area (Å²) in [5, 5.41) is 64.4. The van der Waals surface area contributed by atoms with Crippen LogP contribution in [0.5, 0.6) is 0 Å². The minimum atomic E-state index is -1.61. The van der Waals surface area contributed by atoms with Crippen LogP contribution in [0, 0.1) is 0 Å². The minimum absolute atomic E-state index is 0.307. The van der Waals surface area contributed by atoms with Crippen molar-refractivity contribution in [2.45, 2.75) is 223 Å². The van der Waals surface area contributed by atoms with Crippen LogP contribution in [-0.2, 0) is 14.3 Å². The highest BCUT2D eigenvalue weighted by Gasteiger charge is 2.44. The Morgan fingerprint density at radius 1 is 0.654 bits per heavy atom. The van der Waals surface area contributed by atoms with Gasteiger partial charge in [0.05, 0.1) is 25.4 Å². The van der Waals surface area contributed by atoms with Crippen molar-refractivity contribution in [1.82, 2.24) is 5.32 Å². The molecule has 1 rings (SSSR count). The lowest BCUT2D eigenvalue weighted by atomic mass is 9.99. The van der Waals surface area contributed by atoms with Crippen molar-refractivity contribution in [2.24, 2.45) is 0 Å². The Hall–Kier alpha value is -1.37. The van der Waals surface area contributed by atoms with E-state index < -0.39 is 61.5 Å². The van der Waals surface area contributed by atoms with Gasteiger partial charge in [-0.15, -0.1) is 0 Å². The molecule has 1 heterocycles. The number of ether oxygens (including phenoxy) is 2. The Morgan fingerprint density at radius 3 is 1.67 bits per heavy atom. The second kappa shape index (κ2) is 33.0. The molecule has 0 aromatic rings. The molecule has 306 valence electrons. The first kappa shape index (κ1) is 48.6. The Morgan fingerprint density at radius 2 is 1.13 bits per heavy atom. The zero-order valence-electron chi connectivity index (χ0n) is 32.9. The van der Waals surface area contributed by atoms with Crippen LogP contribution in [0.3, 0.4) is 0 Å². The van der Waals surface area contributed by atoms with Gasteiger partial charge in [0.25, 0.3) is 0 Å². The van der Waals surface area contributed by atoms with Crippen molar-refractivity contribution in [3.05, 3.63) is 24.3 Å². The van der Waals surface area contributed by atoms with Crippen molar-refractivity contribution >= 4 is 5.91 Å². The lowest BCUT2D eigenvalue weighted by Gasteiger charge is -2.40. The highest BCUT2D eigenvalue weighted by molar-refractivity contribution is 5.80. The Balaban J connectivity index is 2.51. The number of allylic oxidation sites excluding steroid dienone is 3. The molecule has 0 aromatic heterocycles. The molecular formula is C42H79NO9.